The molecule has 0 N–H and O–H groups in total. The Morgan fingerprint density at radius 2 is 1.84 bits per heavy atom. The number of Topliss-reactive ketones (excluding diaryl/α,β-unsaturated/α-hetero) is 1. The maximum Gasteiger partial charge on any atom is 0.235 e. The minimum absolute atomic E-state index is 0.184. The topological polar surface area (TPSA) is 70.1 Å². The highest BCUT2D eigenvalue weighted by Crippen LogP contribution is 2.44. The van der Waals surface area contributed by atoms with E-state index >= 15 is 0 Å². The number of fused-ring (bicyclic) bond motifs is 3. The molecule has 4 rings (SSSR count). The molecule has 3 aliphatic heterocycles. The van der Waals surface area contributed by atoms with Crippen molar-refractivity contribution in [2.75, 3.05) is 6.54 Å². The Morgan fingerprint density at radius 3 is 2.52 bits per heavy atom. The number of benzene rings is 1. The summed E-state index contributed by atoms with van der Waals surface area (Å²) in [4.78, 5) is 40.0. The molecule has 1 aromatic rings. The van der Waals surface area contributed by atoms with Crippen LogP contribution in [0.3, 0.4) is 0 Å². The van der Waals surface area contributed by atoms with Crippen LogP contribution in [0.15, 0.2) is 46.0 Å². The van der Waals surface area contributed by atoms with Gasteiger partial charge in [-0.15, -0.1) is 0 Å². The standard InChI is InChI=1S/C18H16BrN3O3/c1-2-21-17(24)13-12-4-3-9-20-22(12)15(14(13)18(21)25)16(23)10-5-7-11(19)8-6-10/h3-9,12-15H,2H2,1H3/t12-,13+,14+,15-/m1/s1. The summed E-state index contributed by atoms with van der Waals surface area (Å²) in [6.07, 6.45) is 5.20. The minimum atomic E-state index is -0.759. The molecule has 3 heterocycles. The van der Waals surface area contributed by atoms with E-state index in [2.05, 4.69) is 21.0 Å². The second-order valence-corrected chi connectivity index (χ2v) is 7.22. The number of likely N-dealkylation sites (tertiary alicyclic amines) is 1. The largest absolute Gasteiger partial charge is 0.292 e. The number of carbonyl (C=O) groups is 3. The van der Waals surface area contributed by atoms with Gasteiger partial charge >= 0.3 is 0 Å². The smallest absolute Gasteiger partial charge is 0.235 e. The van der Waals surface area contributed by atoms with E-state index in [4.69, 9.17) is 0 Å². The molecule has 0 radical (unpaired) electrons. The van der Waals surface area contributed by atoms with Gasteiger partial charge in [-0.1, -0.05) is 34.1 Å². The van der Waals surface area contributed by atoms with Gasteiger partial charge in [-0.05, 0) is 25.1 Å². The summed E-state index contributed by atoms with van der Waals surface area (Å²) in [6.45, 7) is 2.10. The van der Waals surface area contributed by atoms with E-state index in [0.717, 1.165) is 4.47 Å². The number of ketones is 1. The summed E-state index contributed by atoms with van der Waals surface area (Å²) >= 11 is 3.35. The SMILES string of the molecule is CCN1C(=O)[C@@H]2[C@H](C1=O)[C@H](C(=O)c1ccc(Br)cc1)N1N=CC=C[C@H]21. The van der Waals surface area contributed by atoms with Gasteiger partial charge in [0.25, 0.3) is 0 Å². The maximum absolute atomic E-state index is 13.2. The van der Waals surface area contributed by atoms with Crippen molar-refractivity contribution in [3.63, 3.8) is 0 Å². The first kappa shape index (κ1) is 16.2. The molecule has 0 bridgehead atoms. The van der Waals surface area contributed by atoms with Crippen molar-refractivity contribution in [2.45, 2.75) is 19.0 Å². The van der Waals surface area contributed by atoms with Crippen LogP contribution in [0.5, 0.6) is 0 Å². The summed E-state index contributed by atoms with van der Waals surface area (Å²) in [5.74, 6) is -1.90. The van der Waals surface area contributed by atoms with E-state index in [1.54, 1.807) is 48.5 Å². The minimum Gasteiger partial charge on any atom is -0.292 e. The molecule has 2 amide bonds. The van der Waals surface area contributed by atoms with Crippen molar-refractivity contribution in [3.8, 4) is 0 Å². The fourth-order valence-corrected chi connectivity index (χ4v) is 4.26. The second kappa shape index (κ2) is 5.91. The van der Waals surface area contributed by atoms with Crippen LogP contribution < -0.4 is 0 Å². The van der Waals surface area contributed by atoms with Gasteiger partial charge in [0, 0.05) is 22.8 Å². The average Bonchev–Trinajstić information content (AvgIpc) is 3.08. The molecular formula is C18H16BrN3O3. The average molecular weight is 402 g/mol. The first-order chi connectivity index (χ1) is 12.0. The number of amides is 2. The zero-order chi connectivity index (χ0) is 17.7. The molecule has 0 aromatic heterocycles. The molecule has 2 fully saturated rings. The van der Waals surface area contributed by atoms with Crippen molar-refractivity contribution in [1.29, 1.82) is 0 Å². The molecule has 0 saturated carbocycles. The monoisotopic (exact) mass is 401 g/mol. The molecule has 128 valence electrons. The summed E-state index contributed by atoms with van der Waals surface area (Å²) in [5.41, 5.74) is 0.507. The van der Waals surface area contributed by atoms with Gasteiger partial charge in [0.2, 0.25) is 11.8 Å². The van der Waals surface area contributed by atoms with Crippen LogP contribution in [0.25, 0.3) is 0 Å². The number of hydrazone groups is 1. The molecule has 7 heteroatoms. The van der Waals surface area contributed by atoms with E-state index in [-0.39, 0.29) is 23.6 Å². The van der Waals surface area contributed by atoms with Gasteiger partial charge in [-0.2, -0.15) is 5.10 Å². The number of halogens is 1. The molecule has 6 nitrogen and oxygen atoms in total. The molecule has 0 unspecified atom stereocenters. The number of allylic oxidation sites excluding steroid dienone is 1. The Labute approximate surface area is 153 Å². The van der Waals surface area contributed by atoms with Crippen molar-refractivity contribution in [2.24, 2.45) is 16.9 Å². The zero-order valence-corrected chi connectivity index (χ0v) is 15.1. The molecule has 1 aromatic carbocycles. The highest BCUT2D eigenvalue weighted by Gasteiger charge is 2.63. The van der Waals surface area contributed by atoms with E-state index in [1.807, 2.05) is 6.08 Å². The molecular weight excluding hydrogens is 386 g/mol. The van der Waals surface area contributed by atoms with E-state index in [0.29, 0.717) is 12.1 Å². The fraction of sp³-hybridized carbons (Fsp3) is 0.333. The van der Waals surface area contributed by atoms with Gasteiger partial charge in [0.05, 0.1) is 17.9 Å². The van der Waals surface area contributed by atoms with Crippen LogP contribution in [-0.2, 0) is 9.59 Å². The Kier molecular flexibility index (Phi) is 3.83. The lowest BCUT2D eigenvalue weighted by atomic mass is 9.86. The van der Waals surface area contributed by atoms with E-state index < -0.39 is 17.9 Å². The van der Waals surface area contributed by atoms with Crippen LogP contribution in [0, 0.1) is 11.8 Å². The Balaban J connectivity index is 1.77. The van der Waals surface area contributed by atoms with Gasteiger partial charge in [-0.3, -0.25) is 24.3 Å². The molecule has 25 heavy (non-hydrogen) atoms. The lowest BCUT2D eigenvalue weighted by molar-refractivity contribution is -0.141. The maximum atomic E-state index is 13.2. The molecule has 3 aliphatic rings. The van der Waals surface area contributed by atoms with Gasteiger partial charge in [-0.25, -0.2) is 0 Å². The Hall–Kier alpha value is -2.28. The Bertz CT molecular complexity index is 817. The number of rotatable bonds is 3. The third kappa shape index (κ3) is 2.29. The number of nitrogens with zero attached hydrogens (tertiary/aromatic N) is 3. The van der Waals surface area contributed by atoms with Crippen molar-refractivity contribution < 1.29 is 14.4 Å². The Morgan fingerprint density at radius 1 is 1.16 bits per heavy atom. The molecule has 0 spiro atoms. The fourth-order valence-electron chi connectivity index (χ4n) is 4.00. The number of hydrogen-bond acceptors (Lipinski definition) is 5. The van der Waals surface area contributed by atoms with Gasteiger partial charge in [0.1, 0.15) is 6.04 Å². The van der Waals surface area contributed by atoms with E-state index in [1.165, 1.54) is 4.90 Å². The quantitative estimate of drug-likeness (QED) is 0.572. The third-order valence-corrected chi connectivity index (χ3v) is 5.62. The van der Waals surface area contributed by atoms with Crippen LogP contribution in [0.1, 0.15) is 17.3 Å². The molecule has 2 saturated heterocycles. The van der Waals surface area contributed by atoms with Crippen molar-refractivity contribution >= 4 is 39.7 Å². The predicted octanol–water partition coefficient (Wildman–Crippen LogP) is 1.86. The third-order valence-electron chi connectivity index (χ3n) is 5.10. The number of hydrogen-bond donors (Lipinski definition) is 0. The summed E-state index contributed by atoms with van der Waals surface area (Å²) in [7, 11) is 0. The first-order valence-corrected chi connectivity index (χ1v) is 8.98. The van der Waals surface area contributed by atoms with Crippen molar-refractivity contribution in [1.82, 2.24) is 9.91 Å². The van der Waals surface area contributed by atoms with Gasteiger partial charge < -0.3 is 0 Å². The highest BCUT2D eigenvalue weighted by molar-refractivity contribution is 9.10. The zero-order valence-electron chi connectivity index (χ0n) is 13.5. The van der Waals surface area contributed by atoms with Crippen molar-refractivity contribution in [3.05, 3.63) is 46.5 Å². The lowest BCUT2D eigenvalue weighted by Gasteiger charge is -2.30. The normalized spacial score (nSPS) is 30.0. The molecule has 4 atom stereocenters. The summed E-state index contributed by atoms with van der Waals surface area (Å²) in [6, 6.07) is 5.90. The second-order valence-electron chi connectivity index (χ2n) is 6.31. The highest BCUT2D eigenvalue weighted by atomic mass is 79.9. The van der Waals surface area contributed by atoms with Gasteiger partial charge in [0.15, 0.2) is 5.78 Å². The van der Waals surface area contributed by atoms with Crippen LogP contribution in [-0.4, -0.2) is 52.3 Å². The first-order valence-electron chi connectivity index (χ1n) is 8.18. The number of imide groups is 1. The van der Waals surface area contributed by atoms with E-state index in [9.17, 15) is 14.4 Å². The summed E-state index contributed by atoms with van der Waals surface area (Å²) in [5, 5.41) is 5.94. The van der Waals surface area contributed by atoms with Crippen LogP contribution in [0.4, 0.5) is 0 Å². The summed E-state index contributed by atoms with van der Waals surface area (Å²) < 4.78 is 0.870. The lowest BCUT2D eigenvalue weighted by Crippen LogP contribution is -2.45. The molecule has 0 aliphatic carbocycles. The van der Waals surface area contributed by atoms with Crippen LogP contribution >= 0.6 is 15.9 Å². The van der Waals surface area contributed by atoms with Crippen LogP contribution in [0.2, 0.25) is 0 Å². The predicted molar refractivity (Wildman–Crippen MR) is 94.9 cm³/mol. The number of carbonyl (C=O) groups excluding carboxylic acids is 3.